The van der Waals surface area contributed by atoms with Crippen LogP contribution in [0.4, 0.5) is 19.3 Å². The van der Waals surface area contributed by atoms with Crippen LogP contribution in [-0.4, -0.2) is 42.8 Å². The summed E-state index contributed by atoms with van der Waals surface area (Å²) in [6.07, 6.45) is 1.04. The first-order valence-corrected chi connectivity index (χ1v) is 8.50. The van der Waals surface area contributed by atoms with E-state index >= 15 is 0 Å². The molecule has 3 rings (SSSR count). The number of carbonyl (C=O) groups excluding carboxylic acids is 1. The number of anilines is 1. The van der Waals surface area contributed by atoms with Crippen LogP contribution in [0.5, 0.6) is 0 Å². The standard InChI is InChI=1S/C19H22F2N2O3/c1-19(2,3)26-18(24)23-8-6-22(7-9-23)17-14(20)11-13(12-15(17)21)16-5-4-10-25-16/h4-5,10-12H,6-9H2,1-3H3. The number of ether oxygens (including phenoxy) is 1. The molecule has 1 aromatic heterocycles. The normalized spacial score (nSPS) is 15.3. The van der Waals surface area contributed by atoms with Crippen molar-refractivity contribution in [3.63, 3.8) is 0 Å². The third-order valence-electron chi connectivity index (χ3n) is 4.07. The Balaban J connectivity index is 1.71. The molecule has 1 aromatic carbocycles. The van der Waals surface area contributed by atoms with Gasteiger partial charge < -0.3 is 19.0 Å². The van der Waals surface area contributed by atoms with Crippen LogP contribution < -0.4 is 4.90 Å². The van der Waals surface area contributed by atoms with Crippen molar-refractivity contribution in [1.82, 2.24) is 4.90 Å². The van der Waals surface area contributed by atoms with Gasteiger partial charge in [-0.25, -0.2) is 13.6 Å². The van der Waals surface area contributed by atoms with Crippen LogP contribution in [0.2, 0.25) is 0 Å². The summed E-state index contributed by atoms with van der Waals surface area (Å²) in [5.41, 5.74) is -0.306. The summed E-state index contributed by atoms with van der Waals surface area (Å²) in [4.78, 5) is 15.3. The third kappa shape index (κ3) is 3.98. The zero-order chi connectivity index (χ0) is 18.9. The number of benzene rings is 1. The van der Waals surface area contributed by atoms with Gasteiger partial charge in [0.1, 0.15) is 28.7 Å². The first-order valence-electron chi connectivity index (χ1n) is 8.50. The van der Waals surface area contributed by atoms with Gasteiger partial charge in [-0.05, 0) is 45.0 Å². The largest absolute Gasteiger partial charge is 0.464 e. The predicted molar refractivity (Wildman–Crippen MR) is 94.1 cm³/mol. The van der Waals surface area contributed by atoms with Gasteiger partial charge in [0, 0.05) is 31.7 Å². The van der Waals surface area contributed by atoms with Crippen molar-refractivity contribution in [2.45, 2.75) is 26.4 Å². The molecule has 5 nitrogen and oxygen atoms in total. The fourth-order valence-electron chi connectivity index (χ4n) is 2.89. The predicted octanol–water partition coefficient (Wildman–Crippen LogP) is 4.28. The van der Waals surface area contributed by atoms with E-state index in [0.29, 0.717) is 37.5 Å². The van der Waals surface area contributed by atoms with Gasteiger partial charge in [0.25, 0.3) is 0 Å². The molecule has 7 heteroatoms. The third-order valence-corrected chi connectivity index (χ3v) is 4.07. The first-order chi connectivity index (χ1) is 12.2. The summed E-state index contributed by atoms with van der Waals surface area (Å²) in [6, 6.07) is 5.83. The fraction of sp³-hybridized carbons (Fsp3) is 0.421. The lowest BCUT2D eigenvalue weighted by molar-refractivity contribution is 0.0240. The Morgan fingerprint density at radius 2 is 1.73 bits per heavy atom. The minimum Gasteiger partial charge on any atom is -0.464 e. The maximum Gasteiger partial charge on any atom is 0.410 e. The first kappa shape index (κ1) is 18.2. The van der Waals surface area contributed by atoms with E-state index in [1.54, 1.807) is 42.7 Å². The summed E-state index contributed by atoms with van der Waals surface area (Å²) in [5, 5.41) is 0. The SMILES string of the molecule is CC(C)(C)OC(=O)N1CCN(c2c(F)cc(-c3ccco3)cc2F)CC1. The number of carbonyl (C=O) groups is 1. The van der Waals surface area contributed by atoms with Crippen molar-refractivity contribution in [2.75, 3.05) is 31.1 Å². The molecule has 0 atom stereocenters. The van der Waals surface area contributed by atoms with Crippen LogP contribution in [0.1, 0.15) is 20.8 Å². The number of nitrogens with zero attached hydrogens (tertiary/aromatic N) is 2. The second-order valence-electron chi connectivity index (χ2n) is 7.22. The number of amides is 1. The molecular weight excluding hydrogens is 342 g/mol. The summed E-state index contributed by atoms with van der Waals surface area (Å²) in [5.74, 6) is -0.895. The smallest absolute Gasteiger partial charge is 0.410 e. The number of halogens is 2. The van der Waals surface area contributed by atoms with Gasteiger partial charge in [0.05, 0.1) is 6.26 Å². The highest BCUT2D eigenvalue weighted by Gasteiger charge is 2.28. The number of furan rings is 1. The molecule has 0 spiro atoms. The molecule has 1 saturated heterocycles. The second kappa shape index (κ2) is 6.97. The minimum atomic E-state index is -0.651. The molecule has 2 aromatic rings. The number of piperazine rings is 1. The molecule has 1 fully saturated rings. The topological polar surface area (TPSA) is 45.9 Å². The summed E-state index contributed by atoms with van der Waals surface area (Å²) >= 11 is 0. The lowest BCUT2D eigenvalue weighted by Crippen LogP contribution is -2.50. The van der Waals surface area contributed by atoms with Crippen molar-refractivity contribution in [1.29, 1.82) is 0 Å². The van der Waals surface area contributed by atoms with E-state index in [1.165, 1.54) is 18.4 Å². The van der Waals surface area contributed by atoms with Crippen LogP contribution in [0, 0.1) is 11.6 Å². The van der Waals surface area contributed by atoms with E-state index in [2.05, 4.69) is 0 Å². The van der Waals surface area contributed by atoms with E-state index in [1.807, 2.05) is 0 Å². The Morgan fingerprint density at radius 1 is 1.12 bits per heavy atom. The molecule has 0 N–H and O–H groups in total. The molecule has 26 heavy (non-hydrogen) atoms. The molecule has 0 aliphatic carbocycles. The summed E-state index contributed by atoms with van der Waals surface area (Å²) in [7, 11) is 0. The van der Waals surface area contributed by atoms with Crippen LogP contribution in [0.3, 0.4) is 0 Å². The van der Waals surface area contributed by atoms with Crippen molar-refractivity contribution < 1.29 is 22.7 Å². The van der Waals surface area contributed by atoms with Gasteiger partial charge in [-0.15, -0.1) is 0 Å². The summed E-state index contributed by atoms with van der Waals surface area (Å²) < 4.78 is 39.6. The maximum absolute atomic E-state index is 14.5. The van der Waals surface area contributed by atoms with Crippen molar-refractivity contribution >= 4 is 11.8 Å². The second-order valence-corrected chi connectivity index (χ2v) is 7.22. The van der Waals surface area contributed by atoms with Crippen molar-refractivity contribution in [3.05, 3.63) is 42.2 Å². The molecule has 1 aliphatic rings. The Hall–Kier alpha value is -2.57. The Morgan fingerprint density at radius 3 is 2.23 bits per heavy atom. The van der Waals surface area contributed by atoms with Crippen LogP contribution in [0.15, 0.2) is 34.9 Å². The van der Waals surface area contributed by atoms with E-state index < -0.39 is 23.3 Å². The fourth-order valence-corrected chi connectivity index (χ4v) is 2.89. The highest BCUT2D eigenvalue weighted by Crippen LogP contribution is 2.30. The van der Waals surface area contributed by atoms with Gasteiger partial charge in [-0.3, -0.25) is 0 Å². The number of hydrogen-bond donors (Lipinski definition) is 0. The molecule has 0 saturated carbocycles. The maximum atomic E-state index is 14.5. The molecule has 0 bridgehead atoms. The highest BCUT2D eigenvalue weighted by molar-refractivity contribution is 5.69. The zero-order valence-corrected chi connectivity index (χ0v) is 15.1. The molecule has 140 valence electrons. The van der Waals surface area contributed by atoms with Gasteiger partial charge >= 0.3 is 6.09 Å². The Kier molecular flexibility index (Phi) is 4.89. The number of rotatable bonds is 2. The molecule has 0 radical (unpaired) electrons. The lowest BCUT2D eigenvalue weighted by atomic mass is 10.1. The lowest BCUT2D eigenvalue weighted by Gasteiger charge is -2.37. The Bertz CT molecular complexity index is 754. The number of hydrogen-bond acceptors (Lipinski definition) is 4. The summed E-state index contributed by atoms with van der Waals surface area (Å²) in [6.45, 7) is 6.73. The Labute approximate surface area is 151 Å². The zero-order valence-electron chi connectivity index (χ0n) is 15.1. The van der Waals surface area contributed by atoms with Crippen LogP contribution in [-0.2, 0) is 4.74 Å². The minimum absolute atomic E-state index is 0.0795. The van der Waals surface area contributed by atoms with Crippen molar-refractivity contribution in [2.24, 2.45) is 0 Å². The van der Waals surface area contributed by atoms with Gasteiger partial charge in [0.2, 0.25) is 0 Å². The highest BCUT2D eigenvalue weighted by atomic mass is 19.1. The van der Waals surface area contributed by atoms with Crippen LogP contribution in [0.25, 0.3) is 11.3 Å². The van der Waals surface area contributed by atoms with E-state index in [9.17, 15) is 13.6 Å². The monoisotopic (exact) mass is 364 g/mol. The molecule has 1 amide bonds. The molecular formula is C19H22F2N2O3. The van der Waals surface area contributed by atoms with Gasteiger partial charge in [0.15, 0.2) is 0 Å². The van der Waals surface area contributed by atoms with Gasteiger partial charge in [-0.2, -0.15) is 0 Å². The van der Waals surface area contributed by atoms with Crippen molar-refractivity contribution in [3.8, 4) is 11.3 Å². The molecule has 2 heterocycles. The molecule has 0 unspecified atom stereocenters. The van der Waals surface area contributed by atoms with E-state index in [0.717, 1.165) is 0 Å². The average Bonchev–Trinajstić information content (AvgIpc) is 3.07. The van der Waals surface area contributed by atoms with E-state index in [4.69, 9.17) is 9.15 Å². The molecule has 1 aliphatic heterocycles. The van der Waals surface area contributed by atoms with Crippen LogP contribution >= 0.6 is 0 Å². The van der Waals surface area contributed by atoms with Gasteiger partial charge in [-0.1, -0.05) is 0 Å². The quantitative estimate of drug-likeness (QED) is 0.798. The van der Waals surface area contributed by atoms with E-state index in [-0.39, 0.29) is 5.69 Å². The average molecular weight is 364 g/mol.